The third kappa shape index (κ3) is 4.52. The second-order valence-corrected chi connectivity index (χ2v) is 5.36. The molecule has 0 saturated heterocycles. The van der Waals surface area contributed by atoms with Gasteiger partial charge in [0.05, 0.1) is 0 Å². The van der Waals surface area contributed by atoms with Crippen LogP contribution in [0.2, 0.25) is 0 Å². The third-order valence-corrected chi connectivity index (χ3v) is 3.94. The highest BCUT2D eigenvalue weighted by molar-refractivity contribution is 4.78. The van der Waals surface area contributed by atoms with Gasteiger partial charge in [0.25, 0.3) is 0 Å². The summed E-state index contributed by atoms with van der Waals surface area (Å²) >= 11 is 0. The van der Waals surface area contributed by atoms with Crippen molar-refractivity contribution in [1.29, 1.82) is 0 Å². The molecule has 1 N–H and O–H groups in total. The van der Waals surface area contributed by atoms with Crippen molar-refractivity contribution in [2.45, 2.75) is 58.0 Å². The van der Waals surface area contributed by atoms with E-state index in [1.165, 1.54) is 32.1 Å². The summed E-state index contributed by atoms with van der Waals surface area (Å²) in [6.45, 7) is 5.75. The van der Waals surface area contributed by atoms with Crippen LogP contribution in [0.1, 0.15) is 46.0 Å². The predicted molar refractivity (Wildman–Crippen MR) is 67.2 cm³/mol. The first kappa shape index (κ1) is 13.0. The van der Waals surface area contributed by atoms with Crippen molar-refractivity contribution in [2.24, 2.45) is 5.92 Å². The van der Waals surface area contributed by atoms with Gasteiger partial charge >= 0.3 is 0 Å². The fraction of sp³-hybridized carbons (Fsp3) is 1.00. The number of nitrogens with one attached hydrogen (secondary N) is 1. The normalized spacial score (nSPS) is 29.4. The smallest absolute Gasteiger partial charge is 0.0186 e. The lowest BCUT2D eigenvalue weighted by Crippen LogP contribution is -2.42. The standard InChI is InChI=1S/C13H28N2/c1-5-12-7-6-8-13(9-12)14-10-11(2)15(3)4/h11-14H,5-10H2,1-4H3. The van der Waals surface area contributed by atoms with Crippen LogP contribution in [0.15, 0.2) is 0 Å². The topological polar surface area (TPSA) is 15.3 Å². The first-order chi connectivity index (χ1) is 7.13. The van der Waals surface area contributed by atoms with Crippen molar-refractivity contribution in [3.8, 4) is 0 Å². The molecule has 1 fully saturated rings. The van der Waals surface area contributed by atoms with Crippen molar-refractivity contribution in [1.82, 2.24) is 10.2 Å². The minimum atomic E-state index is 0.645. The number of nitrogens with zero attached hydrogens (tertiary/aromatic N) is 1. The van der Waals surface area contributed by atoms with E-state index in [0.717, 1.165) is 18.5 Å². The maximum Gasteiger partial charge on any atom is 0.0186 e. The SMILES string of the molecule is CCC1CCCC(NCC(C)N(C)C)C1. The summed E-state index contributed by atoms with van der Waals surface area (Å²) in [6.07, 6.45) is 7.03. The molecular formula is C13H28N2. The molecule has 1 aliphatic rings. The van der Waals surface area contributed by atoms with Crippen LogP contribution in [0.5, 0.6) is 0 Å². The summed E-state index contributed by atoms with van der Waals surface area (Å²) in [5, 5.41) is 3.73. The molecule has 0 aromatic rings. The highest BCUT2D eigenvalue weighted by Crippen LogP contribution is 2.26. The largest absolute Gasteiger partial charge is 0.312 e. The minimum absolute atomic E-state index is 0.645. The summed E-state index contributed by atoms with van der Waals surface area (Å²) in [5.74, 6) is 0.978. The van der Waals surface area contributed by atoms with Crippen molar-refractivity contribution in [3.63, 3.8) is 0 Å². The van der Waals surface area contributed by atoms with Gasteiger partial charge in [-0.25, -0.2) is 0 Å². The van der Waals surface area contributed by atoms with Crippen LogP contribution in [-0.2, 0) is 0 Å². The average Bonchev–Trinajstić information content (AvgIpc) is 2.26. The van der Waals surface area contributed by atoms with Crippen LogP contribution in [0.4, 0.5) is 0 Å². The van der Waals surface area contributed by atoms with Gasteiger partial charge in [-0.2, -0.15) is 0 Å². The number of rotatable bonds is 5. The maximum absolute atomic E-state index is 3.73. The van der Waals surface area contributed by atoms with E-state index < -0.39 is 0 Å². The number of hydrogen-bond donors (Lipinski definition) is 1. The van der Waals surface area contributed by atoms with Gasteiger partial charge in [-0.05, 0) is 39.8 Å². The highest BCUT2D eigenvalue weighted by atomic mass is 15.1. The van der Waals surface area contributed by atoms with E-state index in [-0.39, 0.29) is 0 Å². The van der Waals surface area contributed by atoms with Gasteiger partial charge in [-0.3, -0.25) is 0 Å². The molecule has 0 radical (unpaired) electrons. The molecule has 0 amide bonds. The lowest BCUT2D eigenvalue weighted by molar-refractivity contribution is 0.246. The van der Waals surface area contributed by atoms with Gasteiger partial charge in [0.2, 0.25) is 0 Å². The second-order valence-electron chi connectivity index (χ2n) is 5.36. The van der Waals surface area contributed by atoms with Crippen LogP contribution in [0, 0.1) is 5.92 Å². The molecular weight excluding hydrogens is 184 g/mol. The second kappa shape index (κ2) is 6.49. The summed E-state index contributed by atoms with van der Waals surface area (Å²) < 4.78 is 0. The summed E-state index contributed by atoms with van der Waals surface area (Å²) in [7, 11) is 4.31. The molecule has 0 spiro atoms. The fourth-order valence-electron chi connectivity index (χ4n) is 2.37. The Bertz CT molecular complexity index is 168. The summed E-state index contributed by atoms with van der Waals surface area (Å²) in [4.78, 5) is 2.28. The van der Waals surface area contributed by atoms with E-state index in [4.69, 9.17) is 0 Å². The van der Waals surface area contributed by atoms with Gasteiger partial charge in [-0.1, -0.05) is 26.2 Å². The van der Waals surface area contributed by atoms with Crippen molar-refractivity contribution in [3.05, 3.63) is 0 Å². The van der Waals surface area contributed by atoms with Gasteiger partial charge in [0.1, 0.15) is 0 Å². The number of likely N-dealkylation sites (N-methyl/N-ethyl adjacent to an activating group) is 1. The van der Waals surface area contributed by atoms with E-state index in [1.54, 1.807) is 0 Å². The number of hydrogen-bond acceptors (Lipinski definition) is 2. The molecule has 0 aliphatic heterocycles. The zero-order chi connectivity index (χ0) is 11.3. The molecule has 90 valence electrons. The maximum atomic E-state index is 3.73. The monoisotopic (exact) mass is 212 g/mol. The molecule has 15 heavy (non-hydrogen) atoms. The Hall–Kier alpha value is -0.0800. The molecule has 1 saturated carbocycles. The van der Waals surface area contributed by atoms with E-state index in [0.29, 0.717) is 6.04 Å². The molecule has 0 aromatic carbocycles. The highest BCUT2D eigenvalue weighted by Gasteiger charge is 2.20. The third-order valence-electron chi connectivity index (χ3n) is 3.94. The zero-order valence-electron chi connectivity index (χ0n) is 10.9. The average molecular weight is 212 g/mol. The molecule has 0 bridgehead atoms. The van der Waals surface area contributed by atoms with Crippen LogP contribution < -0.4 is 5.32 Å². The van der Waals surface area contributed by atoms with Crippen LogP contribution in [0.3, 0.4) is 0 Å². The van der Waals surface area contributed by atoms with Gasteiger partial charge in [0, 0.05) is 18.6 Å². The van der Waals surface area contributed by atoms with Gasteiger partial charge in [-0.15, -0.1) is 0 Å². The van der Waals surface area contributed by atoms with E-state index in [9.17, 15) is 0 Å². The Morgan fingerprint density at radius 3 is 2.67 bits per heavy atom. The van der Waals surface area contributed by atoms with Gasteiger partial charge < -0.3 is 10.2 Å². The first-order valence-corrected chi connectivity index (χ1v) is 6.53. The van der Waals surface area contributed by atoms with Crippen molar-refractivity contribution in [2.75, 3.05) is 20.6 Å². The molecule has 2 nitrogen and oxygen atoms in total. The van der Waals surface area contributed by atoms with Crippen LogP contribution in [0.25, 0.3) is 0 Å². The Labute approximate surface area is 95.4 Å². The molecule has 0 heterocycles. The molecule has 3 atom stereocenters. The lowest BCUT2D eigenvalue weighted by Gasteiger charge is -2.31. The Balaban J connectivity index is 2.20. The zero-order valence-corrected chi connectivity index (χ0v) is 10.9. The fourth-order valence-corrected chi connectivity index (χ4v) is 2.37. The molecule has 1 aliphatic carbocycles. The van der Waals surface area contributed by atoms with Gasteiger partial charge in [0.15, 0.2) is 0 Å². The van der Waals surface area contributed by atoms with E-state index in [2.05, 4.69) is 38.2 Å². The molecule has 2 heteroatoms. The Kier molecular flexibility index (Phi) is 5.62. The van der Waals surface area contributed by atoms with E-state index >= 15 is 0 Å². The Morgan fingerprint density at radius 2 is 2.07 bits per heavy atom. The predicted octanol–water partition coefficient (Wildman–Crippen LogP) is 2.49. The molecule has 3 unspecified atom stereocenters. The van der Waals surface area contributed by atoms with E-state index in [1.807, 2.05) is 0 Å². The quantitative estimate of drug-likeness (QED) is 0.753. The lowest BCUT2D eigenvalue weighted by atomic mass is 9.84. The molecule has 1 rings (SSSR count). The summed E-state index contributed by atoms with van der Waals surface area (Å²) in [6, 6.07) is 1.43. The van der Waals surface area contributed by atoms with Crippen molar-refractivity contribution >= 4 is 0 Å². The minimum Gasteiger partial charge on any atom is -0.312 e. The van der Waals surface area contributed by atoms with Crippen molar-refractivity contribution < 1.29 is 0 Å². The van der Waals surface area contributed by atoms with Crippen LogP contribution in [-0.4, -0.2) is 37.6 Å². The van der Waals surface area contributed by atoms with Crippen LogP contribution >= 0.6 is 0 Å². The summed E-state index contributed by atoms with van der Waals surface area (Å²) in [5.41, 5.74) is 0. The molecule has 0 aromatic heterocycles. The first-order valence-electron chi connectivity index (χ1n) is 6.53. The Morgan fingerprint density at radius 1 is 1.33 bits per heavy atom.